The highest BCUT2D eigenvalue weighted by Crippen LogP contribution is 2.27. The Hall–Kier alpha value is -0.830. The molecule has 1 aliphatic carbocycles. The maximum absolute atomic E-state index is 12.5. The lowest BCUT2D eigenvalue weighted by Gasteiger charge is -2.41. The SMILES string of the molecule is CC1CCCN(C(=O)C2CC=CCC2)C1CN. The van der Waals surface area contributed by atoms with Crippen molar-refractivity contribution in [3.8, 4) is 0 Å². The topological polar surface area (TPSA) is 46.3 Å². The smallest absolute Gasteiger partial charge is 0.226 e. The number of carbonyl (C=O) groups excluding carboxylic acids is 1. The third kappa shape index (κ3) is 2.71. The molecule has 0 saturated carbocycles. The molecule has 2 rings (SSSR count). The van der Waals surface area contributed by atoms with Crippen LogP contribution in [0.5, 0.6) is 0 Å². The molecule has 0 aromatic heterocycles. The summed E-state index contributed by atoms with van der Waals surface area (Å²) in [5, 5.41) is 0. The molecular formula is C14H24N2O. The van der Waals surface area contributed by atoms with Crippen LogP contribution in [0.1, 0.15) is 39.0 Å². The molecule has 0 aromatic carbocycles. The average Bonchev–Trinajstić information content (AvgIpc) is 2.38. The van der Waals surface area contributed by atoms with Gasteiger partial charge in [-0.1, -0.05) is 19.1 Å². The molecule has 1 saturated heterocycles. The van der Waals surface area contributed by atoms with Crippen LogP contribution >= 0.6 is 0 Å². The number of nitrogens with two attached hydrogens (primary N) is 1. The fourth-order valence-electron chi connectivity index (χ4n) is 3.13. The summed E-state index contributed by atoms with van der Waals surface area (Å²) in [5.74, 6) is 1.10. The lowest BCUT2D eigenvalue weighted by atomic mass is 9.87. The molecule has 1 amide bonds. The third-order valence-electron chi connectivity index (χ3n) is 4.26. The minimum atomic E-state index is 0.208. The van der Waals surface area contributed by atoms with Gasteiger partial charge in [-0.05, 0) is 38.0 Å². The van der Waals surface area contributed by atoms with E-state index in [0.717, 1.165) is 32.2 Å². The van der Waals surface area contributed by atoms with Crippen LogP contribution in [0.15, 0.2) is 12.2 Å². The van der Waals surface area contributed by atoms with Gasteiger partial charge in [0.25, 0.3) is 0 Å². The number of carbonyl (C=O) groups is 1. The summed E-state index contributed by atoms with van der Waals surface area (Å²) < 4.78 is 0. The van der Waals surface area contributed by atoms with Crippen molar-refractivity contribution in [1.82, 2.24) is 4.90 Å². The molecule has 1 aliphatic heterocycles. The number of allylic oxidation sites excluding steroid dienone is 2. The Balaban J connectivity index is 2.03. The zero-order valence-electron chi connectivity index (χ0n) is 10.8. The number of likely N-dealkylation sites (tertiary alicyclic amines) is 1. The summed E-state index contributed by atoms with van der Waals surface area (Å²) in [5.41, 5.74) is 5.84. The first kappa shape index (κ1) is 12.6. The summed E-state index contributed by atoms with van der Waals surface area (Å²) in [6.07, 6.45) is 9.65. The summed E-state index contributed by atoms with van der Waals surface area (Å²) in [6.45, 7) is 3.73. The zero-order chi connectivity index (χ0) is 12.3. The lowest BCUT2D eigenvalue weighted by molar-refractivity contribution is -0.140. The van der Waals surface area contributed by atoms with E-state index < -0.39 is 0 Å². The molecule has 2 N–H and O–H groups in total. The maximum Gasteiger partial charge on any atom is 0.226 e. The number of rotatable bonds is 2. The molecule has 0 bridgehead atoms. The van der Waals surface area contributed by atoms with Crippen molar-refractivity contribution in [2.24, 2.45) is 17.6 Å². The van der Waals surface area contributed by atoms with E-state index in [2.05, 4.69) is 24.0 Å². The van der Waals surface area contributed by atoms with Crippen LogP contribution in [0.25, 0.3) is 0 Å². The van der Waals surface area contributed by atoms with Crippen LogP contribution in [0.4, 0.5) is 0 Å². The van der Waals surface area contributed by atoms with Crippen LogP contribution in [-0.4, -0.2) is 29.9 Å². The Morgan fingerprint density at radius 3 is 2.88 bits per heavy atom. The first-order valence-electron chi connectivity index (χ1n) is 6.89. The van der Waals surface area contributed by atoms with E-state index in [4.69, 9.17) is 5.73 Å². The standard InChI is InChI=1S/C14H24N2O/c1-11-6-5-9-16(13(11)10-15)14(17)12-7-3-2-4-8-12/h2-3,11-13H,4-10,15H2,1H3. The van der Waals surface area contributed by atoms with Crippen LogP contribution in [-0.2, 0) is 4.79 Å². The Morgan fingerprint density at radius 2 is 2.24 bits per heavy atom. The van der Waals surface area contributed by atoms with Gasteiger partial charge in [-0.15, -0.1) is 0 Å². The quantitative estimate of drug-likeness (QED) is 0.745. The van der Waals surface area contributed by atoms with E-state index in [-0.39, 0.29) is 12.0 Å². The molecule has 1 fully saturated rings. The number of nitrogens with zero attached hydrogens (tertiary/aromatic N) is 1. The van der Waals surface area contributed by atoms with Gasteiger partial charge < -0.3 is 10.6 Å². The van der Waals surface area contributed by atoms with Gasteiger partial charge in [0.05, 0.1) is 0 Å². The highest BCUT2D eigenvalue weighted by Gasteiger charge is 2.33. The van der Waals surface area contributed by atoms with Gasteiger partial charge in [0.2, 0.25) is 5.91 Å². The van der Waals surface area contributed by atoms with Gasteiger partial charge in [0.15, 0.2) is 0 Å². The van der Waals surface area contributed by atoms with Crippen molar-refractivity contribution < 1.29 is 4.79 Å². The highest BCUT2D eigenvalue weighted by molar-refractivity contribution is 5.79. The number of hydrogen-bond donors (Lipinski definition) is 1. The second-order valence-electron chi connectivity index (χ2n) is 5.44. The highest BCUT2D eigenvalue weighted by atomic mass is 16.2. The fraction of sp³-hybridized carbons (Fsp3) is 0.786. The second-order valence-corrected chi connectivity index (χ2v) is 5.44. The van der Waals surface area contributed by atoms with Crippen molar-refractivity contribution in [3.05, 3.63) is 12.2 Å². The molecule has 1 heterocycles. The van der Waals surface area contributed by atoms with Gasteiger partial charge in [0.1, 0.15) is 0 Å². The first-order chi connectivity index (χ1) is 8.24. The van der Waals surface area contributed by atoms with Crippen LogP contribution in [0, 0.1) is 11.8 Å². The van der Waals surface area contributed by atoms with E-state index in [1.807, 2.05) is 0 Å². The summed E-state index contributed by atoms with van der Waals surface area (Å²) in [7, 11) is 0. The second kappa shape index (κ2) is 5.67. The largest absolute Gasteiger partial charge is 0.338 e. The number of hydrogen-bond acceptors (Lipinski definition) is 2. The Kier molecular flexibility index (Phi) is 4.21. The Morgan fingerprint density at radius 1 is 1.41 bits per heavy atom. The molecule has 3 heteroatoms. The van der Waals surface area contributed by atoms with Crippen LogP contribution < -0.4 is 5.73 Å². The van der Waals surface area contributed by atoms with Gasteiger partial charge >= 0.3 is 0 Å². The first-order valence-corrected chi connectivity index (χ1v) is 6.89. The maximum atomic E-state index is 12.5. The molecule has 96 valence electrons. The third-order valence-corrected chi connectivity index (χ3v) is 4.26. The Bertz CT molecular complexity index is 301. The lowest BCUT2D eigenvalue weighted by Crippen LogP contribution is -2.53. The molecule has 3 nitrogen and oxygen atoms in total. The molecule has 0 radical (unpaired) electrons. The van der Waals surface area contributed by atoms with Crippen molar-refractivity contribution in [2.45, 2.75) is 45.1 Å². The molecule has 3 atom stereocenters. The molecular weight excluding hydrogens is 212 g/mol. The van der Waals surface area contributed by atoms with Crippen LogP contribution in [0.2, 0.25) is 0 Å². The predicted octanol–water partition coefficient (Wildman–Crippen LogP) is 1.93. The predicted molar refractivity (Wildman–Crippen MR) is 69.4 cm³/mol. The fourth-order valence-corrected chi connectivity index (χ4v) is 3.13. The monoisotopic (exact) mass is 236 g/mol. The minimum absolute atomic E-state index is 0.208. The van der Waals surface area contributed by atoms with Crippen molar-refractivity contribution >= 4 is 5.91 Å². The average molecular weight is 236 g/mol. The molecule has 0 aromatic rings. The number of amides is 1. The van der Waals surface area contributed by atoms with Gasteiger partial charge in [-0.25, -0.2) is 0 Å². The van der Waals surface area contributed by atoms with Gasteiger partial charge in [-0.2, -0.15) is 0 Å². The van der Waals surface area contributed by atoms with E-state index >= 15 is 0 Å². The molecule has 17 heavy (non-hydrogen) atoms. The van der Waals surface area contributed by atoms with Gasteiger partial charge in [0, 0.05) is 25.0 Å². The van der Waals surface area contributed by atoms with Crippen molar-refractivity contribution in [3.63, 3.8) is 0 Å². The Labute approximate surface area is 104 Å². The minimum Gasteiger partial charge on any atom is -0.338 e. The van der Waals surface area contributed by atoms with E-state index in [1.165, 1.54) is 6.42 Å². The molecule has 2 aliphatic rings. The van der Waals surface area contributed by atoms with Crippen molar-refractivity contribution in [2.75, 3.05) is 13.1 Å². The number of piperidine rings is 1. The summed E-state index contributed by atoms with van der Waals surface area (Å²) >= 11 is 0. The van der Waals surface area contributed by atoms with E-state index in [0.29, 0.717) is 18.4 Å². The molecule has 3 unspecified atom stereocenters. The van der Waals surface area contributed by atoms with Crippen LogP contribution in [0.3, 0.4) is 0 Å². The molecule has 0 spiro atoms. The van der Waals surface area contributed by atoms with E-state index in [9.17, 15) is 4.79 Å². The normalized spacial score (nSPS) is 33.8. The van der Waals surface area contributed by atoms with E-state index in [1.54, 1.807) is 0 Å². The van der Waals surface area contributed by atoms with Crippen molar-refractivity contribution in [1.29, 1.82) is 0 Å². The van der Waals surface area contributed by atoms with Gasteiger partial charge in [-0.3, -0.25) is 4.79 Å². The summed E-state index contributed by atoms with van der Waals surface area (Å²) in [4.78, 5) is 14.6. The summed E-state index contributed by atoms with van der Waals surface area (Å²) in [6, 6.07) is 0.266. The zero-order valence-corrected chi connectivity index (χ0v) is 10.8.